The molecule has 5 heteroatoms. The second kappa shape index (κ2) is 5.56. The smallest absolute Gasteiger partial charge is 0.169 e. The predicted octanol–water partition coefficient (Wildman–Crippen LogP) is 3.16. The third-order valence-corrected chi connectivity index (χ3v) is 3.73. The van der Waals surface area contributed by atoms with Gasteiger partial charge in [-0.25, -0.2) is 0 Å². The van der Waals surface area contributed by atoms with E-state index < -0.39 is 0 Å². The molecule has 3 aromatic rings. The van der Waals surface area contributed by atoms with Crippen molar-refractivity contribution >= 4 is 15.9 Å². The Labute approximate surface area is 125 Å². The summed E-state index contributed by atoms with van der Waals surface area (Å²) < 4.78 is 2.97. The van der Waals surface area contributed by atoms with Gasteiger partial charge in [-0.15, -0.1) is 10.2 Å². The maximum absolute atomic E-state index is 5.78. The standard InChI is InChI=1S/C15H13BrN4/c16-13-9-5-4-8-12(13)15-19-18-14(10-17)20(15)11-6-2-1-3-7-11/h1-9H,10,17H2. The average molecular weight is 329 g/mol. The highest BCUT2D eigenvalue weighted by molar-refractivity contribution is 9.10. The van der Waals surface area contributed by atoms with Gasteiger partial charge in [-0.05, 0) is 18.2 Å². The van der Waals surface area contributed by atoms with Gasteiger partial charge >= 0.3 is 0 Å². The van der Waals surface area contributed by atoms with E-state index in [1.54, 1.807) is 0 Å². The van der Waals surface area contributed by atoms with Crippen molar-refractivity contribution in [2.45, 2.75) is 6.54 Å². The van der Waals surface area contributed by atoms with E-state index in [-0.39, 0.29) is 0 Å². The van der Waals surface area contributed by atoms with Gasteiger partial charge in [-0.2, -0.15) is 0 Å². The Balaban J connectivity index is 2.24. The van der Waals surface area contributed by atoms with Crippen LogP contribution in [0.15, 0.2) is 59.1 Å². The van der Waals surface area contributed by atoms with Crippen LogP contribution in [0.4, 0.5) is 0 Å². The Bertz CT molecular complexity index is 722. The number of aromatic nitrogens is 3. The van der Waals surface area contributed by atoms with Gasteiger partial charge in [0.25, 0.3) is 0 Å². The van der Waals surface area contributed by atoms with Gasteiger partial charge in [-0.3, -0.25) is 4.57 Å². The summed E-state index contributed by atoms with van der Waals surface area (Å²) in [4.78, 5) is 0. The van der Waals surface area contributed by atoms with Crippen molar-refractivity contribution in [2.75, 3.05) is 0 Å². The molecule has 2 aromatic carbocycles. The normalized spacial score (nSPS) is 10.7. The zero-order chi connectivity index (χ0) is 13.9. The Morgan fingerprint density at radius 3 is 2.35 bits per heavy atom. The zero-order valence-corrected chi connectivity index (χ0v) is 12.3. The topological polar surface area (TPSA) is 56.7 Å². The maximum Gasteiger partial charge on any atom is 0.169 e. The fraction of sp³-hybridized carbons (Fsp3) is 0.0667. The lowest BCUT2D eigenvalue weighted by Gasteiger charge is -2.10. The van der Waals surface area contributed by atoms with Gasteiger partial charge in [0.05, 0.1) is 6.54 Å². The SMILES string of the molecule is NCc1nnc(-c2ccccc2Br)n1-c1ccccc1. The van der Waals surface area contributed by atoms with Crippen LogP contribution >= 0.6 is 15.9 Å². The lowest BCUT2D eigenvalue weighted by Crippen LogP contribution is -2.07. The Hall–Kier alpha value is -1.98. The quantitative estimate of drug-likeness (QED) is 0.803. The summed E-state index contributed by atoms with van der Waals surface area (Å²) >= 11 is 3.56. The summed E-state index contributed by atoms with van der Waals surface area (Å²) in [6.07, 6.45) is 0. The maximum atomic E-state index is 5.78. The van der Waals surface area contributed by atoms with E-state index in [0.717, 1.165) is 27.4 Å². The second-order valence-corrected chi connectivity index (χ2v) is 5.15. The molecule has 20 heavy (non-hydrogen) atoms. The van der Waals surface area contributed by atoms with E-state index in [1.165, 1.54) is 0 Å². The summed E-state index contributed by atoms with van der Waals surface area (Å²) in [5, 5.41) is 8.49. The molecule has 0 saturated carbocycles. The number of hydrogen-bond acceptors (Lipinski definition) is 3. The van der Waals surface area contributed by atoms with Crippen molar-refractivity contribution in [1.29, 1.82) is 0 Å². The van der Waals surface area contributed by atoms with Gasteiger partial charge in [0.2, 0.25) is 0 Å². The number of nitrogens with zero attached hydrogens (tertiary/aromatic N) is 3. The average Bonchev–Trinajstić information content (AvgIpc) is 2.92. The van der Waals surface area contributed by atoms with Crippen LogP contribution in [0.25, 0.3) is 17.1 Å². The number of halogens is 1. The minimum Gasteiger partial charge on any atom is -0.324 e. The molecule has 0 aliphatic heterocycles. The summed E-state index contributed by atoms with van der Waals surface area (Å²) in [5.41, 5.74) is 7.78. The highest BCUT2D eigenvalue weighted by Crippen LogP contribution is 2.29. The monoisotopic (exact) mass is 328 g/mol. The fourth-order valence-corrected chi connectivity index (χ4v) is 2.58. The first-order chi connectivity index (χ1) is 9.81. The van der Waals surface area contributed by atoms with Crippen LogP contribution in [0, 0.1) is 0 Å². The molecule has 0 saturated heterocycles. The van der Waals surface area contributed by atoms with Crippen molar-refractivity contribution < 1.29 is 0 Å². The molecular weight excluding hydrogens is 316 g/mol. The molecule has 2 N–H and O–H groups in total. The Kier molecular flexibility index (Phi) is 3.62. The first-order valence-corrected chi connectivity index (χ1v) is 7.05. The molecule has 0 aliphatic carbocycles. The number of hydrogen-bond donors (Lipinski definition) is 1. The molecule has 1 heterocycles. The molecule has 0 radical (unpaired) electrons. The van der Waals surface area contributed by atoms with E-state index in [9.17, 15) is 0 Å². The minimum absolute atomic E-state index is 0.340. The summed E-state index contributed by atoms with van der Waals surface area (Å²) in [7, 11) is 0. The highest BCUT2D eigenvalue weighted by atomic mass is 79.9. The van der Waals surface area contributed by atoms with Gasteiger partial charge < -0.3 is 5.73 Å². The molecule has 4 nitrogen and oxygen atoms in total. The molecule has 100 valence electrons. The molecule has 0 aliphatic rings. The lowest BCUT2D eigenvalue weighted by molar-refractivity contribution is 0.861. The number of rotatable bonds is 3. The number of nitrogens with two attached hydrogens (primary N) is 1. The number of para-hydroxylation sites is 1. The molecule has 1 aromatic heterocycles. The van der Waals surface area contributed by atoms with E-state index in [2.05, 4.69) is 26.1 Å². The van der Waals surface area contributed by atoms with Crippen LogP contribution in [0.1, 0.15) is 5.82 Å². The van der Waals surface area contributed by atoms with E-state index in [4.69, 9.17) is 5.73 Å². The third kappa shape index (κ3) is 2.26. The van der Waals surface area contributed by atoms with Crippen LogP contribution < -0.4 is 5.73 Å². The zero-order valence-electron chi connectivity index (χ0n) is 10.7. The van der Waals surface area contributed by atoms with Crippen molar-refractivity contribution in [3.63, 3.8) is 0 Å². The van der Waals surface area contributed by atoms with Crippen LogP contribution in [-0.2, 0) is 6.54 Å². The van der Waals surface area contributed by atoms with Crippen molar-refractivity contribution in [3.8, 4) is 17.1 Å². The Morgan fingerprint density at radius 2 is 1.65 bits per heavy atom. The second-order valence-electron chi connectivity index (χ2n) is 4.29. The molecule has 3 rings (SSSR count). The van der Waals surface area contributed by atoms with Gasteiger partial charge in [0, 0.05) is 15.7 Å². The fourth-order valence-electron chi connectivity index (χ4n) is 2.11. The molecular formula is C15H13BrN4. The molecule has 0 atom stereocenters. The summed E-state index contributed by atoms with van der Waals surface area (Å²) in [5.74, 6) is 1.52. The van der Waals surface area contributed by atoms with Crippen LogP contribution in [0.5, 0.6) is 0 Å². The van der Waals surface area contributed by atoms with E-state index in [1.807, 2.05) is 59.2 Å². The summed E-state index contributed by atoms with van der Waals surface area (Å²) in [6, 6.07) is 17.9. The minimum atomic E-state index is 0.340. The van der Waals surface area contributed by atoms with Crippen LogP contribution in [0.2, 0.25) is 0 Å². The van der Waals surface area contributed by atoms with E-state index in [0.29, 0.717) is 6.54 Å². The van der Waals surface area contributed by atoms with Crippen molar-refractivity contribution in [2.24, 2.45) is 5.73 Å². The third-order valence-electron chi connectivity index (χ3n) is 3.04. The predicted molar refractivity (Wildman–Crippen MR) is 82.4 cm³/mol. The van der Waals surface area contributed by atoms with Crippen LogP contribution in [0.3, 0.4) is 0 Å². The lowest BCUT2D eigenvalue weighted by atomic mass is 10.2. The first-order valence-electron chi connectivity index (χ1n) is 6.26. The Morgan fingerprint density at radius 1 is 0.950 bits per heavy atom. The van der Waals surface area contributed by atoms with Crippen LogP contribution in [-0.4, -0.2) is 14.8 Å². The van der Waals surface area contributed by atoms with Gasteiger partial charge in [0.15, 0.2) is 11.6 Å². The molecule has 0 fully saturated rings. The van der Waals surface area contributed by atoms with Gasteiger partial charge in [0.1, 0.15) is 0 Å². The molecule has 0 spiro atoms. The van der Waals surface area contributed by atoms with Gasteiger partial charge in [-0.1, -0.05) is 52.3 Å². The largest absolute Gasteiger partial charge is 0.324 e. The first kappa shape index (κ1) is 13.0. The molecule has 0 amide bonds. The molecule has 0 bridgehead atoms. The number of benzene rings is 2. The van der Waals surface area contributed by atoms with E-state index >= 15 is 0 Å². The van der Waals surface area contributed by atoms with Crippen molar-refractivity contribution in [3.05, 3.63) is 64.9 Å². The summed E-state index contributed by atoms with van der Waals surface area (Å²) in [6.45, 7) is 0.340. The molecule has 0 unspecified atom stereocenters. The highest BCUT2D eigenvalue weighted by Gasteiger charge is 2.15. The van der Waals surface area contributed by atoms with Crippen molar-refractivity contribution in [1.82, 2.24) is 14.8 Å².